The van der Waals surface area contributed by atoms with E-state index in [1.165, 1.54) is 12.1 Å². The average Bonchev–Trinajstić information content (AvgIpc) is 2.74. The number of anilines is 2. The van der Waals surface area contributed by atoms with Gasteiger partial charge >= 0.3 is 0 Å². The average molecular weight is 254 g/mol. The first-order valence-corrected chi connectivity index (χ1v) is 6.07. The highest BCUT2D eigenvalue weighted by Gasteiger charge is 2.13. The van der Waals surface area contributed by atoms with Crippen LogP contribution in [0.2, 0.25) is 0 Å². The molecular weight excluding hydrogens is 244 g/mol. The van der Waals surface area contributed by atoms with Gasteiger partial charge in [0.25, 0.3) is 16.0 Å². The minimum atomic E-state index is -3.65. The Labute approximate surface area is 97.3 Å². The van der Waals surface area contributed by atoms with E-state index in [4.69, 9.17) is 5.73 Å². The molecule has 0 aliphatic carbocycles. The Hall–Kier alpha value is -2.13. The summed E-state index contributed by atoms with van der Waals surface area (Å²) in [7, 11) is -3.65. The fraction of sp³-hybridized carbons (Fsp3) is 0. The summed E-state index contributed by atoms with van der Waals surface area (Å²) in [6.07, 6.45) is 0. The molecule has 0 fully saturated rings. The first-order valence-electron chi connectivity index (χ1n) is 4.59. The number of aromatic amines is 1. The number of sulfonamides is 1. The maximum absolute atomic E-state index is 11.7. The van der Waals surface area contributed by atoms with Crippen LogP contribution >= 0.6 is 0 Å². The number of nitrogens with one attached hydrogen (secondary N) is 3. The summed E-state index contributed by atoms with van der Waals surface area (Å²) in [5, 5.41) is 5.98. The Morgan fingerprint density at radius 2 is 1.94 bits per heavy atom. The molecule has 1 heterocycles. The van der Waals surface area contributed by atoms with Gasteiger partial charge in [-0.15, -0.1) is 9.93 Å². The van der Waals surface area contributed by atoms with E-state index in [0.29, 0.717) is 0 Å². The number of rotatable bonds is 4. The van der Waals surface area contributed by atoms with Gasteiger partial charge in [-0.1, -0.05) is 18.2 Å². The molecule has 0 amide bonds. The molecule has 0 atom stereocenters. The van der Waals surface area contributed by atoms with Gasteiger partial charge in [-0.3, -0.25) is 5.43 Å². The molecule has 8 nitrogen and oxygen atoms in total. The maximum atomic E-state index is 11.7. The van der Waals surface area contributed by atoms with Gasteiger partial charge in [0, 0.05) is 0 Å². The van der Waals surface area contributed by atoms with Crippen LogP contribution in [0.5, 0.6) is 0 Å². The number of nitrogens with two attached hydrogens (primary N) is 1. The van der Waals surface area contributed by atoms with Crippen molar-refractivity contribution in [1.29, 1.82) is 0 Å². The number of hydrogen-bond donors (Lipinski definition) is 4. The predicted octanol–water partition coefficient (Wildman–Crippen LogP) is -0.308. The van der Waals surface area contributed by atoms with Gasteiger partial charge in [0.1, 0.15) is 0 Å². The normalized spacial score (nSPS) is 11.3. The topological polar surface area (TPSA) is 126 Å². The zero-order chi connectivity index (χ0) is 12.3. The summed E-state index contributed by atoms with van der Waals surface area (Å²) in [6.45, 7) is 0. The third-order valence-corrected chi connectivity index (χ3v) is 3.12. The van der Waals surface area contributed by atoms with Crippen molar-refractivity contribution >= 4 is 21.9 Å². The van der Waals surface area contributed by atoms with Crippen LogP contribution in [-0.2, 0) is 10.0 Å². The lowest BCUT2D eigenvalue weighted by molar-refractivity contribution is 0.587. The molecule has 1 aromatic carbocycles. The minimum absolute atomic E-state index is 0.0435. The van der Waals surface area contributed by atoms with E-state index in [-0.39, 0.29) is 16.8 Å². The van der Waals surface area contributed by atoms with Crippen molar-refractivity contribution in [1.82, 2.24) is 20.0 Å². The standard InChI is InChI=1S/C8H10N6O2S/c9-7-10-8(12-11-7)13-14-17(15,16)6-4-2-1-3-5-6/h1-5,14H,(H4,9,10,11,12,13). The van der Waals surface area contributed by atoms with Crippen LogP contribution in [0.25, 0.3) is 0 Å². The molecule has 0 saturated carbocycles. The second-order valence-electron chi connectivity index (χ2n) is 3.09. The number of aromatic nitrogens is 3. The number of nitrogens with zero attached hydrogens (tertiary/aromatic N) is 2. The Bertz CT molecular complexity index is 593. The zero-order valence-electron chi connectivity index (χ0n) is 8.58. The quantitative estimate of drug-likeness (QED) is 0.554. The number of hydrogen-bond acceptors (Lipinski definition) is 6. The number of benzene rings is 1. The fourth-order valence-electron chi connectivity index (χ4n) is 1.10. The largest absolute Gasteiger partial charge is 0.368 e. The zero-order valence-corrected chi connectivity index (χ0v) is 9.40. The monoisotopic (exact) mass is 254 g/mol. The molecule has 0 radical (unpaired) electrons. The van der Waals surface area contributed by atoms with Crippen molar-refractivity contribution in [3.8, 4) is 0 Å². The number of hydrazine groups is 1. The summed E-state index contributed by atoms with van der Waals surface area (Å²) in [5.41, 5.74) is 7.62. The van der Waals surface area contributed by atoms with Gasteiger partial charge in [-0.2, -0.15) is 4.98 Å². The van der Waals surface area contributed by atoms with Gasteiger partial charge in [-0.25, -0.2) is 13.5 Å². The van der Waals surface area contributed by atoms with Crippen LogP contribution in [0.3, 0.4) is 0 Å². The van der Waals surface area contributed by atoms with E-state index in [2.05, 4.69) is 25.4 Å². The molecule has 17 heavy (non-hydrogen) atoms. The van der Waals surface area contributed by atoms with Crippen molar-refractivity contribution in [3.63, 3.8) is 0 Å². The lowest BCUT2D eigenvalue weighted by Gasteiger charge is -2.05. The van der Waals surface area contributed by atoms with Crippen LogP contribution in [0, 0.1) is 0 Å². The Morgan fingerprint density at radius 3 is 2.53 bits per heavy atom. The molecule has 1 aromatic heterocycles. The first-order chi connectivity index (χ1) is 8.08. The highest BCUT2D eigenvalue weighted by atomic mass is 32.2. The summed E-state index contributed by atoms with van der Waals surface area (Å²) < 4.78 is 23.5. The van der Waals surface area contributed by atoms with E-state index >= 15 is 0 Å². The predicted molar refractivity (Wildman–Crippen MR) is 61.2 cm³/mol. The maximum Gasteiger partial charge on any atom is 0.258 e. The van der Waals surface area contributed by atoms with Gasteiger partial charge in [-0.05, 0) is 12.1 Å². The second-order valence-corrected chi connectivity index (χ2v) is 4.77. The van der Waals surface area contributed by atoms with Crippen molar-refractivity contribution in [2.24, 2.45) is 0 Å². The minimum Gasteiger partial charge on any atom is -0.368 e. The second kappa shape index (κ2) is 4.39. The molecule has 90 valence electrons. The van der Waals surface area contributed by atoms with Gasteiger partial charge < -0.3 is 5.73 Å². The van der Waals surface area contributed by atoms with E-state index in [1.807, 2.05) is 0 Å². The van der Waals surface area contributed by atoms with E-state index in [9.17, 15) is 8.42 Å². The molecule has 0 spiro atoms. The van der Waals surface area contributed by atoms with Crippen LogP contribution in [0.1, 0.15) is 0 Å². The SMILES string of the molecule is Nc1nc(NNS(=O)(=O)c2ccccc2)n[nH]1. The van der Waals surface area contributed by atoms with Gasteiger partial charge in [0.2, 0.25) is 5.95 Å². The molecule has 0 aliphatic rings. The summed E-state index contributed by atoms with van der Waals surface area (Å²) in [4.78, 5) is 5.94. The third-order valence-electron chi connectivity index (χ3n) is 1.85. The van der Waals surface area contributed by atoms with Gasteiger partial charge in [0.15, 0.2) is 0 Å². The lowest BCUT2D eigenvalue weighted by Crippen LogP contribution is -2.30. The Kier molecular flexibility index (Phi) is 2.93. The molecule has 9 heteroatoms. The molecular formula is C8H10N6O2S. The van der Waals surface area contributed by atoms with E-state index in [1.54, 1.807) is 18.2 Å². The fourth-order valence-corrected chi connectivity index (χ4v) is 1.96. The lowest BCUT2D eigenvalue weighted by atomic mass is 10.4. The number of H-pyrrole nitrogens is 1. The van der Waals surface area contributed by atoms with Crippen LogP contribution < -0.4 is 16.0 Å². The van der Waals surface area contributed by atoms with Crippen molar-refractivity contribution < 1.29 is 8.42 Å². The van der Waals surface area contributed by atoms with E-state index in [0.717, 1.165) is 0 Å². The van der Waals surface area contributed by atoms with Crippen molar-refractivity contribution in [2.45, 2.75) is 4.90 Å². The Balaban J connectivity index is 2.09. The van der Waals surface area contributed by atoms with Crippen LogP contribution in [0.15, 0.2) is 35.2 Å². The molecule has 0 saturated heterocycles. The molecule has 0 aliphatic heterocycles. The van der Waals surface area contributed by atoms with Crippen molar-refractivity contribution in [2.75, 3.05) is 11.2 Å². The smallest absolute Gasteiger partial charge is 0.258 e. The van der Waals surface area contributed by atoms with Gasteiger partial charge in [0.05, 0.1) is 4.90 Å². The van der Waals surface area contributed by atoms with Crippen molar-refractivity contribution in [3.05, 3.63) is 30.3 Å². The molecule has 5 N–H and O–H groups in total. The molecule has 2 aromatic rings. The molecule has 0 bridgehead atoms. The van der Waals surface area contributed by atoms with Crippen LogP contribution in [-0.4, -0.2) is 23.6 Å². The van der Waals surface area contributed by atoms with Crippen LogP contribution in [0.4, 0.5) is 11.9 Å². The first kappa shape index (κ1) is 11.4. The highest BCUT2D eigenvalue weighted by molar-refractivity contribution is 7.89. The summed E-state index contributed by atoms with van der Waals surface area (Å²) in [5.74, 6) is 0.133. The highest BCUT2D eigenvalue weighted by Crippen LogP contribution is 2.07. The molecule has 0 unspecified atom stereocenters. The molecule has 2 rings (SSSR count). The summed E-state index contributed by atoms with van der Waals surface area (Å²) >= 11 is 0. The third kappa shape index (κ3) is 2.71. The Morgan fingerprint density at radius 1 is 1.24 bits per heavy atom. The van der Waals surface area contributed by atoms with E-state index < -0.39 is 10.0 Å². The summed E-state index contributed by atoms with van der Waals surface area (Å²) in [6, 6.07) is 7.91. The number of nitrogen functional groups attached to an aromatic ring is 1.